The Balaban J connectivity index is 1.50. The van der Waals surface area contributed by atoms with E-state index in [0.717, 1.165) is 11.3 Å². The third-order valence-corrected chi connectivity index (χ3v) is 6.74. The van der Waals surface area contributed by atoms with Crippen molar-refractivity contribution in [3.63, 3.8) is 0 Å². The number of methoxy groups -OCH3 is 1. The molecular weight excluding hydrogens is 356 g/mol. The van der Waals surface area contributed by atoms with E-state index in [1.807, 2.05) is 24.3 Å². The molecule has 1 N–H and O–H groups in total. The summed E-state index contributed by atoms with van der Waals surface area (Å²) in [6.45, 7) is 0.932. The zero-order valence-corrected chi connectivity index (χ0v) is 15.6. The number of hydrogen-bond donors (Lipinski definition) is 1. The van der Waals surface area contributed by atoms with Gasteiger partial charge in [-0.25, -0.2) is 8.42 Å². The average Bonchev–Trinajstić information content (AvgIpc) is 3.15. The molecule has 2 unspecified atom stereocenters. The van der Waals surface area contributed by atoms with E-state index in [4.69, 9.17) is 4.74 Å². The Kier molecular flexibility index (Phi) is 5.50. The molecule has 26 heavy (non-hydrogen) atoms. The second-order valence-electron chi connectivity index (χ2n) is 6.95. The van der Waals surface area contributed by atoms with E-state index in [9.17, 15) is 18.0 Å². The second kappa shape index (κ2) is 7.65. The first-order valence-corrected chi connectivity index (χ1v) is 10.6. The lowest BCUT2D eigenvalue weighted by molar-refractivity contribution is -0.129. The van der Waals surface area contributed by atoms with Crippen molar-refractivity contribution >= 4 is 21.7 Å². The summed E-state index contributed by atoms with van der Waals surface area (Å²) in [6.07, 6.45) is 1.33. The predicted molar refractivity (Wildman–Crippen MR) is 96.6 cm³/mol. The number of nitrogens with zero attached hydrogens (tertiary/aromatic N) is 1. The number of nitrogens with one attached hydrogen (secondary N) is 1. The fourth-order valence-electron chi connectivity index (χ4n) is 3.48. The van der Waals surface area contributed by atoms with Gasteiger partial charge in [0.1, 0.15) is 5.75 Å². The van der Waals surface area contributed by atoms with Crippen LogP contribution in [0.25, 0.3) is 0 Å². The first-order valence-electron chi connectivity index (χ1n) is 8.78. The lowest BCUT2D eigenvalue weighted by atomic mass is 10.1. The molecule has 0 aromatic heterocycles. The monoisotopic (exact) mass is 380 g/mol. The Morgan fingerprint density at radius 1 is 1.38 bits per heavy atom. The summed E-state index contributed by atoms with van der Waals surface area (Å²) in [7, 11) is -1.42. The van der Waals surface area contributed by atoms with Crippen molar-refractivity contribution in [2.75, 3.05) is 31.7 Å². The maximum atomic E-state index is 12.4. The van der Waals surface area contributed by atoms with E-state index < -0.39 is 15.8 Å². The summed E-state index contributed by atoms with van der Waals surface area (Å²) in [4.78, 5) is 26.3. The lowest BCUT2D eigenvalue weighted by Gasteiger charge is -2.18. The summed E-state index contributed by atoms with van der Waals surface area (Å²) in [5, 5.41) is 2.79. The number of ether oxygens (including phenoxy) is 1. The normalized spacial score (nSPS) is 24.7. The van der Waals surface area contributed by atoms with Gasteiger partial charge in [-0.3, -0.25) is 9.59 Å². The number of carbonyl (C=O) groups excluding carboxylic acids is 2. The molecule has 3 rings (SSSR count). The number of sulfone groups is 1. The zero-order valence-electron chi connectivity index (χ0n) is 14.8. The summed E-state index contributed by atoms with van der Waals surface area (Å²) < 4.78 is 28.2. The molecule has 1 aromatic carbocycles. The minimum Gasteiger partial charge on any atom is -0.497 e. The van der Waals surface area contributed by atoms with Crippen LogP contribution in [0.3, 0.4) is 0 Å². The summed E-state index contributed by atoms with van der Waals surface area (Å²) in [5.74, 6) is 0.235. The molecule has 2 aliphatic heterocycles. The molecule has 0 bridgehead atoms. The van der Waals surface area contributed by atoms with E-state index in [1.165, 1.54) is 0 Å². The second-order valence-corrected chi connectivity index (χ2v) is 9.18. The van der Waals surface area contributed by atoms with E-state index in [0.29, 0.717) is 25.9 Å². The molecule has 0 radical (unpaired) electrons. The highest BCUT2D eigenvalue weighted by molar-refractivity contribution is 7.91. The molecule has 0 aliphatic carbocycles. The molecule has 2 aliphatic rings. The zero-order chi connectivity index (χ0) is 18.7. The van der Waals surface area contributed by atoms with Crippen LogP contribution in [0, 0.1) is 5.92 Å². The topological polar surface area (TPSA) is 92.8 Å². The standard InChI is InChI=1S/C18H24N2O5S/c1-25-16-4-2-3-13(9-16)5-7-20-11-14(10-17(20)21)18(22)19-15-6-8-26(23,24)12-15/h2-4,9,14-15H,5-8,10-12H2,1H3,(H,19,22). The molecule has 0 saturated carbocycles. The Morgan fingerprint density at radius 3 is 2.88 bits per heavy atom. The number of amides is 2. The highest BCUT2D eigenvalue weighted by Gasteiger charge is 2.36. The van der Waals surface area contributed by atoms with Gasteiger partial charge in [-0.15, -0.1) is 0 Å². The van der Waals surface area contributed by atoms with Crippen LogP contribution in [0.15, 0.2) is 24.3 Å². The van der Waals surface area contributed by atoms with Crippen molar-refractivity contribution in [3.05, 3.63) is 29.8 Å². The van der Waals surface area contributed by atoms with E-state index in [2.05, 4.69) is 5.32 Å². The maximum Gasteiger partial charge on any atom is 0.225 e. The van der Waals surface area contributed by atoms with Crippen LogP contribution in [-0.2, 0) is 25.8 Å². The molecular formula is C18H24N2O5S. The van der Waals surface area contributed by atoms with Gasteiger partial charge in [-0.1, -0.05) is 12.1 Å². The lowest BCUT2D eigenvalue weighted by Crippen LogP contribution is -2.40. The molecule has 2 heterocycles. The first-order chi connectivity index (χ1) is 12.4. The number of likely N-dealkylation sites (tertiary alicyclic amines) is 1. The number of benzene rings is 1. The number of hydrogen-bond acceptors (Lipinski definition) is 5. The van der Waals surface area contributed by atoms with Gasteiger partial charge in [0.25, 0.3) is 0 Å². The van der Waals surface area contributed by atoms with Crippen LogP contribution in [0.4, 0.5) is 0 Å². The van der Waals surface area contributed by atoms with Crippen molar-refractivity contribution in [2.45, 2.75) is 25.3 Å². The predicted octanol–water partition coefficient (Wildman–Crippen LogP) is 0.390. The van der Waals surface area contributed by atoms with Crippen LogP contribution in [-0.4, -0.2) is 62.9 Å². The summed E-state index contributed by atoms with van der Waals surface area (Å²) in [5.41, 5.74) is 1.07. The third-order valence-electron chi connectivity index (χ3n) is 4.97. The van der Waals surface area contributed by atoms with Crippen molar-refractivity contribution < 1.29 is 22.7 Å². The molecule has 8 heteroatoms. The molecule has 2 saturated heterocycles. The first kappa shape index (κ1) is 18.7. The number of rotatable bonds is 6. The van der Waals surface area contributed by atoms with Gasteiger partial charge in [-0.2, -0.15) is 0 Å². The van der Waals surface area contributed by atoms with Crippen LogP contribution < -0.4 is 10.1 Å². The van der Waals surface area contributed by atoms with E-state index >= 15 is 0 Å². The SMILES string of the molecule is COc1cccc(CCN2CC(C(=O)NC3CCS(=O)(=O)C3)CC2=O)c1. The Morgan fingerprint density at radius 2 is 2.19 bits per heavy atom. The van der Waals surface area contributed by atoms with Crippen LogP contribution >= 0.6 is 0 Å². The fourth-order valence-corrected chi connectivity index (χ4v) is 5.16. The third kappa shape index (κ3) is 4.55. The minimum absolute atomic E-state index is 0.00103. The van der Waals surface area contributed by atoms with Gasteiger partial charge in [0.15, 0.2) is 9.84 Å². The molecule has 1 aromatic rings. The van der Waals surface area contributed by atoms with Gasteiger partial charge in [0.05, 0.1) is 24.5 Å². The smallest absolute Gasteiger partial charge is 0.225 e. The minimum atomic E-state index is -3.03. The van der Waals surface area contributed by atoms with Gasteiger partial charge < -0.3 is 15.0 Å². The van der Waals surface area contributed by atoms with Crippen molar-refractivity contribution in [1.29, 1.82) is 0 Å². The fraction of sp³-hybridized carbons (Fsp3) is 0.556. The summed E-state index contributed by atoms with van der Waals surface area (Å²) in [6, 6.07) is 7.37. The van der Waals surface area contributed by atoms with Crippen molar-refractivity contribution in [3.8, 4) is 5.75 Å². The Hall–Kier alpha value is -2.09. The molecule has 142 valence electrons. The largest absolute Gasteiger partial charge is 0.497 e. The quantitative estimate of drug-likeness (QED) is 0.771. The van der Waals surface area contributed by atoms with Gasteiger partial charge in [0, 0.05) is 25.6 Å². The van der Waals surface area contributed by atoms with Crippen molar-refractivity contribution in [1.82, 2.24) is 10.2 Å². The summed E-state index contributed by atoms with van der Waals surface area (Å²) >= 11 is 0. The Labute approximate surface area is 153 Å². The molecule has 0 spiro atoms. The van der Waals surface area contributed by atoms with Gasteiger partial charge in [0.2, 0.25) is 11.8 Å². The Bertz CT molecular complexity index is 793. The maximum absolute atomic E-state index is 12.4. The van der Waals surface area contributed by atoms with Crippen LogP contribution in [0.1, 0.15) is 18.4 Å². The highest BCUT2D eigenvalue weighted by atomic mass is 32.2. The molecule has 2 fully saturated rings. The molecule has 7 nitrogen and oxygen atoms in total. The van der Waals surface area contributed by atoms with E-state index in [1.54, 1.807) is 12.0 Å². The number of carbonyl (C=O) groups is 2. The van der Waals surface area contributed by atoms with Gasteiger partial charge >= 0.3 is 0 Å². The van der Waals surface area contributed by atoms with E-state index in [-0.39, 0.29) is 35.8 Å². The highest BCUT2D eigenvalue weighted by Crippen LogP contribution is 2.21. The van der Waals surface area contributed by atoms with Crippen LogP contribution in [0.5, 0.6) is 5.75 Å². The van der Waals surface area contributed by atoms with Crippen LogP contribution in [0.2, 0.25) is 0 Å². The van der Waals surface area contributed by atoms with Crippen molar-refractivity contribution in [2.24, 2.45) is 5.92 Å². The average molecular weight is 380 g/mol. The molecule has 2 amide bonds. The van der Waals surface area contributed by atoms with Gasteiger partial charge in [-0.05, 0) is 30.5 Å². The molecule has 2 atom stereocenters.